The highest BCUT2D eigenvalue weighted by Crippen LogP contribution is 2.24. The first-order valence-corrected chi connectivity index (χ1v) is 6.32. The topological polar surface area (TPSA) is 55.1 Å². The van der Waals surface area contributed by atoms with Crippen LogP contribution >= 0.6 is 0 Å². The molecule has 1 aromatic carbocycles. The molecule has 0 saturated heterocycles. The van der Waals surface area contributed by atoms with Gasteiger partial charge in [-0.3, -0.25) is 10.1 Å². The van der Waals surface area contributed by atoms with E-state index in [2.05, 4.69) is 10.5 Å². The number of anilines is 1. The Hall–Kier alpha value is -2.17. The number of amides is 1. The number of carbonyl (C=O) groups excluding carboxylic acids is 1. The lowest BCUT2D eigenvalue weighted by Gasteiger charge is -2.12. The van der Waals surface area contributed by atoms with Crippen LogP contribution in [-0.4, -0.2) is 11.1 Å². The van der Waals surface area contributed by atoms with Gasteiger partial charge >= 0.3 is 0 Å². The van der Waals surface area contributed by atoms with Crippen molar-refractivity contribution >= 4 is 11.8 Å². The van der Waals surface area contributed by atoms with Crippen LogP contribution in [0.25, 0.3) is 0 Å². The number of hydrogen-bond donors (Lipinski definition) is 1. The molecule has 2 aromatic rings. The zero-order valence-electron chi connectivity index (χ0n) is 12.0. The Labute approximate surface area is 117 Å². The summed E-state index contributed by atoms with van der Waals surface area (Å²) in [7, 11) is 0. The molecule has 0 bridgehead atoms. The summed E-state index contributed by atoms with van der Waals surface area (Å²) < 4.78 is 18.1. The van der Waals surface area contributed by atoms with Gasteiger partial charge in [-0.1, -0.05) is 25.9 Å². The summed E-state index contributed by atoms with van der Waals surface area (Å²) in [4.78, 5) is 12.1. The molecule has 0 aliphatic carbocycles. The molecule has 0 aliphatic rings. The maximum atomic E-state index is 13.0. The zero-order valence-corrected chi connectivity index (χ0v) is 12.0. The highest BCUT2D eigenvalue weighted by Gasteiger charge is 2.20. The molecule has 5 heteroatoms. The van der Waals surface area contributed by atoms with Gasteiger partial charge in [0.1, 0.15) is 5.82 Å². The van der Waals surface area contributed by atoms with E-state index in [9.17, 15) is 9.18 Å². The fourth-order valence-electron chi connectivity index (χ4n) is 1.75. The molecular weight excluding hydrogens is 259 g/mol. The van der Waals surface area contributed by atoms with Gasteiger partial charge in [-0.15, -0.1) is 0 Å². The molecule has 1 aromatic heterocycles. The predicted molar refractivity (Wildman–Crippen MR) is 74.3 cm³/mol. The standard InChI is InChI=1S/C15H17FN2O2/c1-9-7-10(16)5-6-11(9)14(19)17-13-8-12(18-20-13)15(2,3)4/h5-8H,1-4H3,(H,17,19). The third-order valence-electron chi connectivity index (χ3n) is 2.95. The van der Waals surface area contributed by atoms with Gasteiger partial charge in [-0.2, -0.15) is 0 Å². The van der Waals surface area contributed by atoms with Crippen LogP contribution in [0.3, 0.4) is 0 Å². The lowest BCUT2D eigenvalue weighted by atomic mass is 9.92. The number of hydrogen-bond acceptors (Lipinski definition) is 3. The molecule has 0 aliphatic heterocycles. The smallest absolute Gasteiger partial charge is 0.258 e. The maximum absolute atomic E-state index is 13.0. The molecule has 0 saturated carbocycles. The number of carbonyl (C=O) groups is 1. The summed E-state index contributed by atoms with van der Waals surface area (Å²) in [5.41, 5.74) is 1.57. The van der Waals surface area contributed by atoms with Crippen LogP contribution in [0.4, 0.5) is 10.3 Å². The lowest BCUT2D eigenvalue weighted by Crippen LogP contribution is -2.13. The number of benzene rings is 1. The van der Waals surface area contributed by atoms with Crippen molar-refractivity contribution in [2.24, 2.45) is 0 Å². The van der Waals surface area contributed by atoms with Crippen LogP contribution in [0, 0.1) is 12.7 Å². The average Bonchev–Trinajstić information content (AvgIpc) is 2.76. The zero-order chi connectivity index (χ0) is 14.9. The van der Waals surface area contributed by atoms with E-state index in [1.54, 1.807) is 13.0 Å². The van der Waals surface area contributed by atoms with Crippen molar-refractivity contribution in [3.63, 3.8) is 0 Å². The van der Waals surface area contributed by atoms with E-state index in [0.29, 0.717) is 11.1 Å². The molecule has 0 fully saturated rings. The molecule has 0 unspecified atom stereocenters. The van der Waals surface area contributed by atoms with Gasteiger partial charge < -0.3 is 4.52 Å². The van der Waals surface area contributed by atoms with Gasteiger partial charge in [0.25, 0.3) is 5.91 Å². The number of aromatic nitrogens is 1. The van der Waals surface area contributed by atoms with Gasteiger partial charge in [-0.25, -0.2) is 4.39 Å². The highest BCUT2D eigenvalue weighted by atomic mass is 19.1. The van der Waals surface area contributed by atoms with Gasteiger partial charge in [0.2, 0.25) is 5.88 Å². The van der Waals surface area contributed by atoms with Gasteiger partial charge in [0, 0.05) is 17.0 Å². The van der Waals surface area contributed by atoms with E-state index in [1.807, 2.05) is 20.8 Å². The SMILES string of the molecule is Cc1cc(F)ccc1C(=O)Nc1cc(C(C)(C)C)no1. The van der Waals surface area contributed by atoms with E-state index < -0.39 is 0 Å². The molecule has 106 valence electrons. The second-order valence-electron chi connectivity index (χ2n) is 5.74. The van der Waals surface area contributed by atoms with Crippen molar-refractivity contribution in [1.29, 1.82) is 0 Å². The minimum Gasteiger partial charge on any atom is -0.338 e. The third-order valence-corrected chi connectivity index (χ3v) is 2.95. The van der Waals surface area contributed by atoms with Crippen molar-refractivity contribution in [3.8, 4) is 0 Å². The van der Waals surface area contributed by atoms with Crippen LogP contribution in [0.2, 0.25) is 0 Å². The molecule has 0 spiro atoms. The summed E-state index contributed by atoms with van der Waals surface area (Å²) >= 11 is 0. The second-order valence-corrected chi connectivity index (χ2v) is 5.74. The van der Waals surface area contributed by atoms with Crippen molar-refractivity contribution < 1.29 is 13.7 Å². The van der Waals surface area contributed by atoms with Crippen LogP contribution in [-0.2, 0) is 5.41 Å². The normalized spacial score (nSPS) is 11.4. The van der Waals surface area contributed by atoms with Crippen molar-refractivity contribution in [2.75, 3.05) is 5.32 Å². The van der Waals surface area contributed by atoms with Gasteiger partial charge in [-0.05, 0) is 30.7 Å². The average molecular weight is 276 g/mol. The Morgan fingerprint density at radius 2 is 2.00 bits per heavy atom. The lowest BCUT2D eigenvalue weighted by molar-refractivity contribution is 0.102. The molecule has 1 amide bonds. The highest BCUT2D eigenvalue weighted by molar-refractivity contribution is 6.04. The largest absolute Gasteiger partial charge is 0.338 e. The number of nitrogens with one attached hydrogen (secondary N) is 1. The van der Waals surface area contributed by atoms with Crippen LogP contribution in [0.15, 0.2) is 28.8 Å². The first kappa shape index (κ1) is 14.2. The minimum atomic E-state index is -0.367. The van der Waals surface area contributed by atoms with Crippen LogP contribution in [0.5, 0.6) is 0 Å². The summed E-state index contributed by atoms with van der Waals surface area (Å²) in [5, 5.41) is 6.54. The Bertz CT molecular complexity index is 642. The molecule has 4 nitrogen and oxygen atoms in total. The van der Waals surface area contributed by atoms with Crippen molar-refractivity contribution in [3.05, 3.63) is 46.9 Å². The first-order chi connectivity index (χ1) is 9.27. The number of nitrogens with zero attached hydrogens (tertiary/aromatic N) is 1. The number of aryl methyl sites for hydroxylation is 1. The Morgan fingerprint density at radius 3 is 2.55 bits per heavy atom. The van der Waals surface area contributed by atoms with Crippen molar-refractivity contribution in [1.82, 2.24) is 5.16 Å². The molecular formula is C15H17FN2O2. The van der Waals surface area contributed by atoms with Crippen molar-refractivity contribution in [2.45, 2.75) is 33.1 Å². The quantitative estimate of drug-likeness (QED) is 0.910. The maximum Gasteiger partial charge on any atom is 0.258 e. The van der Waals surface area contributed by atoms with E-state index >= 15 is 0 Å². The first-order valence-electron chi connectivity index (χ1n) is 6.32. The predicted octanol–water partition coefficient (Wildman–Crippen LogP) is 3.67. The molecule has 2 rings (SSSR count). The molecule has 20 heavy (non-hydrogen) atoms. The van der Waals surface area contributed by atoms with Gasteiger partial charge in [0.05, 0.1) is 5.69 Å². The Balaban J connectivity index is 2.17. The van der Waals surface area contributed by atoms with Gasteiger partial charge in [0.15, 0.2) is 0 Å². The third kappa shape index (κ3) is 3.04. The summed E-state index contributed by atoms with van der Waals surface area (Å²) in [6.45, 7) is 7.68. The van der Waals surface area contributed by atoms with E-state index in [0.717, 1.165) is 5.69 Å². The number of halogens is 1. The molecule has 1 heterocycles. The monoisotopic (exact) mass is 276 g/mol. The molecule has 1 N–H and O–H groups in total. The van der Waals surface area contributed by atoms with Crippen LogP contribution in [0.1, 0.15) is 42.4 Å². The second kappa shape index (κ2) is 5.07. The summed E-state index contributed by atoms with van der Waals surface area (Å²) in [5.74, 6) is -0.434. The summed E-state index contributed by atoms with van der Waals surface area (Å²) in [6, 6.07) is 5.70. The molecule has 0 radical (unpaired) electrons. The Kier molecular flexibility index (Phi) is 3.61. The minimum absolute atomic E-state index is 0.154. The van der Waals surface area contributed by atoms with Crippen LogP contribution < -0.4 is 5.32 Å². The molecule has 0 atom stereocenters. The summed E-state index contributed by atoms with van der Waals surface area (Å²) in [6.07, 6.45) is 0. The van der Waals surface area contributed by atoms with E-state index in [1.165, 1.54) is 18.2 Å². The van der Waals surface area contributed by atoms with E-state index in [4.69, 9.17) is 4.52 Å². The fraction of sp³-hybridized carbons (Fsp3) is 0.333. The number of rotatable bonds is 2. The Morgan fingerprint density at radius 1 is 1.30 bits per heavy atom. The fourth-order valence-corrected chi connectivity index (χ4v) is 1.75. The van der Waals surface area contributed by atoms with E-state index in [-0.39, 0.29) is 23.0 Å².